The lowest BCUT2D eigenvalue weighted by Crippen LogP contribution is -2.45. The zero-order valence-corrected chi connectivity index (χ0v) is 12.8. The molecule has 0 aliphatic heterocycles. The van der Waals surface area contributed by atoms with E-state index in [-0.39, 0.29) is 11.0 Å². The maximum Gasteiger partial charge on any atom is 0.189 e. The minimum absolute atomic E-state index is 0.0113. The van der Waals surface area contributed by atoms with Crippen molar-refractivity contribution in [3.05, 3.63) is 0 Å². The van der Waals surface area contributed by atoms with Crippen LogP contribution in [0.25, 0.3) is 0 Å². The van der Waals surface area contributed by atoms with Crippen molar-refractivity contribution in [2.75, 3.05) is 6.54 Å². The van der Waals surface area contributed by atoms with Crippen LogP contribution in [-0.2, 0) is 0 Å². The Kier molecular flexibility index (Phi) is 5.06. The molecule has 0 atom stereocenters. The lowest BCUT2D eigenvalue weighted by Gasteiger charge is -2.36. The second-order valence-electron chi connectivity index (χ2n) is 7.40. The average molecular weight is 253 g/mol. The van der Waals surface area contributed by atoms with Crippen LogP contribution in [0.3, 0.4) is 0 Å². The summed E-state index contributed by atoms with van der Waals surface area (Å²) in [5.74, 6) is 1.38. The third kappa shape index (κ3) is 5.28. The highest BCUT2D eigenvalue weighted by molar-refractivity contribution is 5.78. The molecular formula is C15H31N3. The lowest BCUT2D eigenvalue weighted by atomic mass is 9.71. The van der Waals surface area contributed by atoms with Gasteiger partial charge in [-0.25, -0.2) is 0 Å². The molecule has 0 amide bonds. The van der Waals surface area contributed by atoms with Gasteiger partial charge in [-0.3, -0.25) is 4.99 Å². The van der Waals surface area contributed by atoms with Gasteiger partial charge in [0.05, 0.1) is 0 Å². The number of hydrogen-bond donors (Lipinski definition) is 2. The van der Waals surface area contributed by atoms with Crippen molar-refractivity contribution in [1.29, 1.82) is 0 Å². The van der Waals surface area contributed by atoms with Gasteiger partial charge in [0.1, 0.15) is 0 Å². The average Bonchev–Trinajstić information content (AvgIpc) is 2.26. The van der Waals surface area contributed by atoms with Crippen molar-refractivity contribution < 1.29 is 0 Å². The Balaban J connectivity index is 2.51. The first-order valence-corrected chi connectivity index (χ1v) is 7.29. The molecule has 1 saturated carbocycles. The smallest absolute Gasteiger partial charge is 0.189 e. The van der Waals surface area contributed by atoms with Crippen LogP contribution < -0.4 is 11.1 Å². The molecule has 1 rings (SSSR count). The van der Waals surface area contributed by atoms with Crippen LogP contribution in [0.5, 0.6) is 0 Å². The Morgan fingerprint density at radius 3 is 2.17 bits per heavy atom. The standard InChI is InChI=1S/C15H31N3/c1-14(2,3)18-13(16)17-11-15(4,5)12-9-7-6-8-10-12/h12H,6-11H2,1-5H3,(H3,16,17,18). The summed E-state index contributed by atoms with van der Waals surface area (Å²) < 4.78 is 0. The molecule has 0 radical (unpaired) electrons. The lowest BCUT2D eigenvalue weighted by molar-refractivity contribution is 0.167. The first-order valence-electron chi connectivity index (χ1n) is 7.29. The van der Waals surface area contributed by atoms with E-state index in [1.54, 1.807) is 0 Å². The Bertz CT molecular complexity index is 281. The Morgan fingerprint density at radius 1 is 1.11 bits per heavy atom. The van der Waals surface area contributed by atoms with E-state index in [1.165, 1.54) is 32.1 Å². The van der Waals surface area contributed by atoms with Crippen LogP contribution in [0.1, 0.15) is 66.7 Å². The van der Waals surface area contributed by atoms with Crippen LogP contribution in [-0.4, -0.2) is 18.0 Å². The van der Waals surface area contributed by atoms with E-state index in [9.17, 15) is 0 Å². The van der Waals surface area contributed by atoms with E-state index in [4.69, 9.17) is 5.73 Å². The predicted molar refractivity (Wildman–Crippen MR) is 79.7 cm³/mol. The largest absolute Gasteiger partial charge is 0.370 e. The summed E-state index contributed by atoms with van der Waals surface area (Å²) in [5, 5.41) is 3.22. The fourth-order valence-electron chi connectivity index (χ4n) is 2.73. The third-order valence-electron chi connectivity index (χ3n) is 3.87. The van der Waals surface area contributed by atoms with E-state index in [0.717, 1.165) is 12.5 Å². The van der Waals surface area contributed by atoms with Crippen LogP contribution >= 0.6 is 0 Å². The van der Waals surface area contributed by atoms with Gasteiger partial charge in [-0.05, 0) is 44.9 Å². The molecule has 18 heavy (non-hydrogen) atoms. The van der Waals surface area contributed by atoms with Gasteiger partial charge < -0.3 is 11.1 Å². The molecule has 1 aliphatic carbocycles. The topological polar surface area (TPSA) is 50.4 Å². The number of nitrogens with one attached hydrogen (secondary N) is 1. The minimum Gasteiger partial charge on any atom is -0.370 e. The first kappa shape index (κ1) is 15.3. The van der Waals surface area contributed by atoms with E-state index in [0.29, 0.717) is 5.96 Å². The number of nitrogens with zero attached hydrogens (tertiary/aromatic N) is 1. The summed E-state index contributed by atoms with van der Waals surface area (Å²) >= 11 is 0. The molecular weight excluding hydrogens is 222 g/mol. The van der Waals surface area contributed by atoms with Crippen molar-refractivity contribution in [2.24, 2.45) is 22.1 Å². The fraction of sp³-hybridized carbons (Fsp3) is 0.933. The van der Waals surface area contributed by atoms with Gasteiger partial charge in [-0.15, -0.1) is 0 Å². The van der Waals surface area contributed by atoms with Gasteiger partial charge in [-0.1, -0.05) is 33.1 Å². The first-order chi connectivity index (χ1) is 8.21. The molecule has 0 heterocycles. The number of rotatable bonds is 3. The maximum atomic E-state index is 5.94. The van der Waals surface area contributed by atoms with Crippen LogP contribution in [0.2, 0.25) is 0 Å². The monoisotopic (exact) mass is 253 g/mol. The molecule has 1 fully saturated rings. The summed E-state index contributed by atoms with van der Waals surface area (Å²) in [6.07, 6.45) is 6.88. The molecule has 0 aromatic carbocycles. The highest BCUT2D eigenvalue weighted by atomic mass is 15.1. The van der Waals surface area contributed by atoms with E-state index < -0.39 is 0 Å². The van der Waals surface area contributed by atoms with Gasteiger partial charge in [0.2, 0.25) is 0 Å². The minimum atomic E-state index is -0.0113. The van der Waals surface area contributed by atoms with Gasteiger partial charge in [-0.2, -0.15) is 0 Å². The molecule has 106 valence electrons. The second kappa shape index (κ2) is 5.94. The summed E-state index contributed by atoms with van der Waals surface area (Å²) in [4.78, 5) is 4.54. The van der Waals surface area contributed by atoms with E-state index in [1.807, 2.05) is 0 Å². The Hall–Kier alpha value is -0.730. The van der Waals surface area contributed by atoms with Gasteiger partial charge in [0.15, 0.2) is 5.96 Å². The molecule has 0 bridgehead atoms. The molecule has 0 aromatic heterocycles. The molecule has 0 saturated heterocycles. The van der Waals surface area contributed by atoms with Crippen LogP contribution in [0.4, 0.5) is 0 Å². The third-order valence-corrected chi connectivity index (χ3v) is 3.87. The maximum absolute atomic E-state index is 5.94. The summed E-state index contributed by atoms with van der Waals surface area (Å²) in [7, 11) is 0. The molecule has 0 spiro atoms. The summed E-state index contributed by atoms with van der Waals surface area (Å²) in [5.41, 5.74) is 6.19. The molecule has 0 aromatic rings. The number of nitrogens with two attached hydrogens (primary N) is 1. The fourth-order valence-corrected chi connectivity index (χ4v) is 2.73. The second-order valence-corrected chi connectivity index (χ2v) is 7.40. The van der Waals surface area contributed by atoms with Gasteiger partial charge in [0, 0.05) is 12.1 Å². The quantitative estimate of drug-likeness (QED) is 0.599. The van der Waals surface area contributed by atoms with Crippen molar-refractivity contribution in [2.45, 2.75) is 72.3 Å². The molecule has 3 N–H and O–H groups in total. The van der Waals surface area contributed by atoms with Gasteiger partial charge in [0.25, 0.3) is 0 Å². The highest BCUT2D eigenvalue weighted by Crippen LogP contribution is 2.38. The zero-order chi connectivity index (χ0) is 13.8. The predicted octanol–water partition coefficient (Wildman–Crippen LogP) is 3.30. The summed E-state index contributed by atoms with van der Waals surface area (Å²) in [6.45, 7) is 11.8. The molecule has 1 aliphatic rings. The van der Waals surface area contributed by atoms with Crippen LogP contribution in [0, 0.1) is 11.3 Å². The molecule has 3 heteroatoms. The highest BCUT2D eigenvalue weighted by Gasteiger charge is 2.30. The number of guanidine groups is 1. The van der Waals surface area contributed by atoms with Crippen LogP contribution in [0.15, 0.2) is 4.99 Å². The normalized spacial score (nSPS) is 19.9. The van der Waals surface area contributed by atoms with Crippen molar-refractivity contribution in [3.8, 4) is 0 Å². The summed E-state index contributed by atoms with van der Waals surface area (Å²) in [6, 6.07) is 0. The van der Waals surface area contributed by atoms with Gasteiger partial charge >= 0.3 is 0 Å². The zero-order valence-electron chi connectivity index (χ0n) is 12.8. The molecule has 3 nitrogen and oxygen atoms in total. The van der Waals surface area contributed by atoms with Crippen molar-refractivity contribution in [1.82, 2.24) is 5.32 Å². The molecule has 0 unspecified atom stereocenters. The number of aliphatic imine (C=N–C) groups is 1. The number of hydrogen-bond acceptors (Lipinski definition) is 1. The Labute approximate surface area is 113 Å². The SMILES string of the molecule is CC(C)(C)NC(N)=NCC(C)(C)C1CCCCC1. The van der Waals surface area contributed by atoms with E-state index in [2.05, 4.69) is 44.9 Å². The van der Waals surface area contributed by atoms with Crippen molar-refractivity contribution in [3.63, 3.8) is 0 Å². The van der Waals surface area contributed by atoms with Crippen molar-refractivity contribution >= 4 is 5.96 Å². The van der Waals surface area contributed by atoms with E-state index >= 15 is 0 Å². The Morgan fingerprint density at radius 2 is 1.67 bits per heavy atom.